The Morgan fingerprint density at radius 3 is 2.52 bits per heavy atom. The number of nitrogens with one attached hydrogen (secondary N) is 1. The molecule has 0 aromatic heterocycles. The van der Waals surface area contributed by atoms with Gasteiger partial charge in [-0.15, -0.1) is 0 Å². The van der Waals surface area contributed by atoms with Crippen molar-refractivity contribution in [1.29, 1.82) is 0 Å². The van der Waals surface area contributed by atoms with Crippen LogP contribution >= 0.6 is 15.9 Å². The van der Waals surface area contributed by atoms with Crippen LogP contribution in [0.2, 0.25) is 0 Å². The maximum absolute atomic E-state index is 13.7. The molecule has 0 aliphatic rings. The number of hydrogen-bond donors (Lipinski definition) is 1. The molecule has 21 heavy (non-hydrogen) atoms. The quantitative estimate of drug-likeness (QED) is 0.788. The zero-order valence-corrected chi connectivity index (χ0v) is 13.8. The van der Waals surface area contributed by atoms with Gasteiger partial charge in [-0.2, -0.15) is 0 Å². The van der Waals surface area contributed by atoms with Crippen LogP contribution in [0.15, 0.2) is 36.4 Å². The average molecular weight is 352 g/mol. The van der Waals surface area contributed by atoms with Gasteiger partial charge in [-0.1, -0.05) is 54.0 Å². The van der Waals surface area contributed by atoms with E-state index in [1.165, 1.54) is 6.07 Å². The van der Waals surface area contributed by atoms with Crippen LogP contribution in [0.4, 0.5) is 4.39 Å². The minimum absolute atomic E-state index is 0.167. The number of hydrogen-bond acceptors (Lipinski definition) is 1. The van der Waals surface area contributed by atoms with Crippen LogP contribution in [0.3, 0.4) is 0 Å². The molecule has 0 fully saturated rings. The maximum atomic E-state index is 13.7. The Balaban J connectivity index is 2.15. The molecule has 0 radical (unpaired) electrons. The van der Waals surface area contributed by atoms with Gasteiger partial charge in [-0.05, 0) is 29.9 Å². The van der Waals surface area contributed by atoms with E-state index < -0.39 is 0 Å². The summed E-state index contributed by atoms with van der Waals surface area (Å²) in [7, 11) is 0. The van der Waals surface area contributed by atoms with E-state index in [0.29, 0.717) is 28.8 Å². The van der Waals surface area contributed by atoms with Crippen molar-refractivity contribution in [3.05, 3.63) is 47.8 Å². The van der Waals surface area contributed by atoms with Crippen LogP contribution in [-0.4, -0.2) is 17.3 Å². The molecule has 1 atom stereocenters. The highest BCUT2D eigenvalue weighted by atomic mass is 79.9. The van der Waals surface area contributed by atoms with Crippen LogP contribution in [0, 0.1) is 11.7 Å². The Hall–Kier alpha value is -1.42. The summed E-state index contributed by atoms with van der Waals surface area (Å²) in [4.78, 5) is 12.5. The average Bonchev–Trinajstić information content (AvgIpc) is 2.45. The molecule has 0 bridgehead atoms. The zero-order valence-electron chi connectivity index (χ0n) is 12.2. The Bertz CT molecular complexity index is 642. The minimum Gasteiger partial charge on any atom is -0.351 e. The molecule has 0 aliphatic carbocycles. The lowest BCUT2D eigenvalue weighted by Gasteiger charge is -2.14. The van der Waals surface area contributed by atoms with Crippen LogP contribution in [0.5, 0.6) is 0 Å². The largest absolute Gasteiger partial charge is 0.351 e. The summed E-state index contributed by atoms with van der Waals surface area (Å²) in [6, 6.07) is 9.92. The van der Waals surface area contributed by atoms with Crippen molar-refractivity contribution >= 4 is 32.6 Å². The fourth-order valence-electron chi connectivity index (χ4n) is 2.35. The van der Waals surface area contributed by atoms with Gasteiger partial charge in [0, 0.05) is 22.3 Å². The van der Waals surface area contributed by atoms with Crippen molar-refractivity contribution in [1.82, 2.24) is 5.32 Å². The monoisotopic (exact) mass is 351 g/mol. The molecule has 1 unspecified atom stereocenters. The molecule has 0 saturated carbocycles. The van der Waals surface area contributed by atoms with E-state index in [4.69, 9.17) is 0 Å². The van der Waals surface area contributed by atoms with E-state index in [0.717, 1.165) is 6.42 Å². The first-order valence-corrected chi connectivity index (χ1v) is 8.00. The Morgan fingerprint density at radius 2 is 1.86 bits per heavy atom. The fraction of sp³-hybridized carbons (Fsp3) is 0.353. The van der Waals surface area contributed by atoms with Crippen molar-refractivity contribution in [2.75, 3.05) is 6.54 Å². The fourth-order valence-corrected chi connectivity index (χ4v) is 3.26. The summed E-state index contributed by atoms with van der Waals surface area (Å²) < 4.78 is 13.7. The number of fused-ring (bicyclic) bond motifs is 1. The molecule has 0 aliphatic heterocycles. The van der Waals surface area contributed by atoms with Gasteiger partial charge in [0.2, 0.25) is 0 Å². The van der Waals surface area contributed by atoms with Gasteiger partial charge < -0.3 is 5.32 Å². The molecular weight excluding hydrogens is 333 g/mol. The smallest absolute Gasteiger partial charge is 0.251 e. The first-order chi connectivity index (χ1) is 9.99. The number of carbonyl (C=O) groups is 1. The molecule has 1 N–H and O–H groups in total. The first-order valence-electron chi connectivity index (χ1n) is 7.08. The van der Waals surface area contributed by atoms with Crippen LogP contribution in [0.1, 0.15) is 30.6 Å². The molecule has 112 valence electrons. The van der Waals surface area contributed by atoms with E-state index >= 15 is 0 Å². The first kappa shape index (κ1) is 16.0. The molecule has 2 nitrogen and oxygen atoms in total. The highest BCUT2D eigenvalue weighted by molar-refractivity contribution is 9.09. The van der Waals surface area contributed by atoms with Crippen molar-refractivity contribution in [2.45, 2.75) is 25.1 Å². The summed E-state index contributed by atoms with van der Waals surface area (Å²) in [6.45, 7) is 4.84. The summed E-state index contributed by atoms with van der Waals surface area (Å²) >= 11 is 3.57. The van der Waals surface area contributed by atoms with Crippen molar-refractivity contribution in [2.24, 2.45) is 5.92 Å². The van der Waals surface area contributed by atoms with Crippen LogP contribution in [0.25, 0.3) is 10.8 Å². The molecule has 0 heterocycles. The third-order valence-corrected chi connectivity index (χ3v) is 4.02. The highest BCUT2D eigenvalue weighted by Crippen LogP contribution is 2.22. The Labute approximate surface area is 132 Å². The normalized spacial score (nSPS) is 12.6. The lowest BCUT2D eigenvalue weighted by atomic mass is 10.0. The molecule has 2 rings (SSSR count). The van der Waals surface area contributed by atoms with E-state index in [1.807, 2.05) is 6.07 Å². The SMILES string of the molecule is CC(C)CC(Br)CNC(=O)c1ccc(F)c2ccccc12. The molecule has 0 saturated heterocycles. The topological polar surface area (TPSA) is 29.1 Å². The summed E-state index contributed by atoms with van der Waals surface area (Å²) in [5.41, 5.74) is 0.510. The minimum atomic E-state index is -0.305. The number of carbonyl (C=O) groups excluding carboxylic acids is 1. The number of rotatable bonds is 5. The summed E-state index contributed by atoms with van der Waals surface area (Å²) in [5.74, 6) is 0.0951. The van der Waals surface area contributed by atoms with Gasteiger partial charge in [-0.25, -0.2) is 4.39 Å². The van der Waals surface area contributed by atoms with Crippen molar-refractivity contribution < 1.29 is 9.18 Å². The van der Waals surface area contributed by atoms with Crippen LogP contribution < -0.4 is 5.32 Å². The molecule has 1 amide bonds. The van der Waals surface area contributed by atoms with Gasteiger partial charge in [0.15, 0.2) is 0 Å². The van der Waals surface area contributed by atoms with Gasteiger partial charge >= 0.3 is 0 Å². The summed E-state index contributed by atoms with van der Waals surface area (Å²) in [6.07, 6.45) is 0.991. The second-order valence-electron chi connectivity index (χ2n) is 5.58. The number of amides is 1. The third-order valence-electron chi connectivity index (χ3n) is 3.33. The molecule has 0 spiro atoms. The van der Waals surface area contributed by atoms with Crippen molar-refractivity contribution in [3.63, 3.8) is 0 Å². The van der Waals surface area contributed by atoms with Crippen molar-refractivity contribution in [3.8, 4) is 0 Å². The molecular formula is C17H19BrFNO. The van der Waals surface area contributed by atoms with E-state index in [1.54, 1.807) is 24.3 Å². The number of halogens is 2. The molecule has 2 aromatic carbocycles. The van der Waals surface area contributed by atoms with E-state index in [-0.39, 0.29) is 16.6 Å². The standard InChI is InChI=1S/C17H19BrFNO/c1-11(2)9-12(18)10-20-17(21)15-7-8-16(19)14-6-4-3-5-13(14)15/h3-8,11-12H,9-10H2,1-2H3,(H,20,21). The predicted octanol–water partition coefficient (Wildman–Crippen LogP) is 4.52. The predicted molar refractivity (Wildman–Crippen MR) is 88.4 cm³/mol. The van der Waals surface area contributed by atoms with E-state index in [9.17, 15) is 9.18 Å². The lowest BCUT2D eigenvalue weighted by Crippen LogP contribution is -2.30. The number of benzene rings is 2. The summed E-state index contributed by atoms with van der Waals surface area (Å²) in [5, 5.41) is 4.03. The second kappa shape index (κ2) is 7.03. The van der Waals surface area contributed by atoms with Gasteiger partial charge in [0.1, 0.15) is 5.82 Å². The number of alkyl halides is 1. The third kappa shape index (κ3) is 4.03. The highest BCUT2D eigenvalue weighted by Gasteiger charge is 2.14. The van der Waals surface area contributed by atoms with Crippen LogP contribution in [-0.2, 0) is 0 Å². The van der Waals surface area contributed by atoms with E-state index in [2.05, 4.69) is 35.1 Å². The van der Waals surface area contributed by atoms with Gasteiger partial charge in [-0.3, -0.25) is 4.79 Å². The maximum Gasteiger partial charge on any atom is 0.251 e. The van der Waals surface area contributed by atoms with Gasteiger partial charge in [0.25, 0.3) is 5.91 Å². The molecule has 4 heteroatoms. The lowest BCUT2D eigenvalue weighted by molar-refractivity contribution is 0.0955. The molecule has 2 aromatic rings. The Morgan fingerprint density at radius 1 is 1.19 bits per heavy atom. The zero-order chi connectivity index (χ0) is 15.4. The second-order valence-corrected chi connectivity index (χ2v) is 6.87. The Kier molecular flexibility index (Phi) is 5.34. The van der Waals surface area contributed by atoms with Gasteiger partial charge in [0.05, 0.1) is 0 Å².